The van der Waals surface area contributed by atoms with Crippen LogP contribution in [-0.2, 0) is 10.0 Å². The molecule has 0 radical (unpaired) electrons. The van der Waals surface area contributed by atoms with Crippen molar-refractivity contribution in [3.05, 3.63) is 53.6 Å². The Morgan fingerprint density at radius 2 is 1.62 bits per heavy atom. The second-order valence-corrected chi connectivity index (χ2v) is 11.2. The normalized spacial score (nSPS) is 18.7. The molecule has 4 rings (SSSR count). The van der Waals surface area contributed by atoms with Crippen LogP contribution >= 0.6 is 11.6 Å². The average molecular weight is 502 g/mol. The van der Waals surface area contributed by atoms with Crippen LogP contribution in [0.25, 0.3) is 10.9 Å². The molecule has 1 aliphatic carbocycles. The fourth-order valence-electron chi connectivity index (χ4n) is 4.38. The third-order valence-corrected chi connectivity index (χ3v) is 8.31. The molecule has 1 saturated carbocycles. The van der Waals surface area contributed by atoms with Gasteiger partial charge in [0.25, 0.3) is 0 Å². The van der Waals surface area contributed by atoms with Crippen molar-refractivity contribution in [1.29, 1.82) is 0 Å². The predicted molar refractivity (Wildman–Crippen MR) is 139 cm³/mol. The number of benzene rings is 2. The molecule has 2 aromatic carbocycles. The number of nitrogens with one attached hydrogen (secondary N) is 2. The second kappa shape index (κ2) is 10.9. The highest BCUT2D eigenvalue weighted by Gasteiger charge is 2.23. The number of rotatable bonds is 9. The molecule has 7 nitrogen and oxygen atoms in total. The molecule has 2 N–H and O–H groups in total. The third-order valence-electron chi connectivity index (χ3n) is 6.62. The van der Waals surface area contributed by atoms with Gasteiger partial charge in [-0.1, -0.05) is 23.7 Å². The molecular formula is C25H32ClN5O2S. The zero-order chi connectivity index (χ0) is 24.1. The van der Waals surface area contributed by atoms with Crippen molar-refractivity contribution >= 4 is 44.3 Å². The van der Waals surface area contributed by atoms with Crippen LogP contribution in [-0.4, -0.2) is 45.1 Å². The highest BCUT2D eigenvalue weighted by atomic mass is 35.5. The number of aromatic nitrogens is 2. The lowest BCUT2D eigenvalue weighted by atomic mass is 9.82. The fourth-order valence-corrected chi connectivity index (χ4v) is 5.62. The maximum absolute atomic E-state index is 12.5. The quantitative estimate of drug-likeness (QED) is 0.432. The van der Waals surface area contributed by atoms with Crippen molar-refractivity contribution in [3.8, 4) is 0 Å². The number of para-hydroxylation sites is 1. The van der Waals surface area contributed by atoms with Gasteiger partial charge in [-0.05, 0) is 80.8 Å². The molecule has 1 aromatic heterocycles. The molecule has 0 amide bonds. The standard InChI is InChI=1S/C25H32ClN5O2S/c1-3-31(2)24-22-6-4-5-7-23(22)29-25(30-24)27-16-18-8-10-19(11-9-18)17-28-34(32,33)21-14-12-20(26)13-15-21/h4-7,12-15,18-19,28H,3,8-11,16-17H2,1-2H3,(H,27,29,30). The van der Waals surface area contributed by atoms with Gasteiger partial charge in [0.15, 0.2) is 0 Å². The summed E-state index contributed by atoms with van der Waals surface area (Å²) in [4.78, 5) is 11.9. The molecule has 34 heavy (non-hydrogen) atoms. The van der Waals surface area contributed by atoms with E-state index in [1.54, 1.807) is 12.1 Å². The number of hydrogen-bond donors (Lipinski definition) is 2. The minimum Gasteiger partial charge on any atom is -0.359 e. The van der Waals surface area contributed by atoms with Crippen molar-refractivity contribution in [2.45, 2.75) is 37.5 Å². The Balaban J connectivity index is 1.29. The van der Waals surface area contributed by atoms with Crippen LogP contribution in [0.3, 0.4) is 0 Å². The van der Waals surface area contributed by atoms with E-state index in [0.29, 0.717) is 29.4 Å². The third kappa shape index (κ3) is 5.98. The molecular weight excluding hydrogens is 470 g/mol. The van der Waals surface area contributed by atoms with Gasteiger partial charge >= 0.3 is 0 Å². The first-order valence-corrected chi connectivity index (χ1v) is 13.7. The van der Waals surface area contributed by atoms with E-state index in [1.165, 1.54) is 12.1 Å². The Labute approximate surface area is 207 Å². The monoisotopic (exact) mass is 501 g/mol. The molecule has 1 heterocycles. The van der Waals surface area contributed by atoms with E-state index < -0.39 is 10.0 Å². The summed E-state index contributed by atoms with van der Waals surface area (Å²) in [7, 11) is -1.47. The number of halogens is 1. The van der Waals surface area contributed by atoms with E-state index in [1.807, 2.05) is 25.2 Å². The summed E-state index contributed by atoms with van der Waals surface area (Å²) in [5.41, 5.74) is 0.937. The van der Waals surface area contributed by atoms with Crippen LogP contribution < -0.4 is 14.9 Å². The molecule has 0 atom stereocenters. The van der Waals surface area contributed by atoms with Crippen molar-refractivity contribution in [2.24, 2.45) is 11.8 Å². The zero-order valence-electron chi connectivity index (χ0n) is 19.7. The molecule has 1 fully saturated rings. The lowest BCUT2D eigenvalue weighted by Crippen LogP contribution is -2.32. The molecule has 1 aliphatic rings. The number of hydrogen-bond acceptors (Lipinski definition) is 6. The minimum absolute atomic E-state index is 0.248. The molecule has 0 bridgehead atoms. The Bertz CT molecular complexity index is 1210. The number of nitrogens with zero attached hydrogens (tertiary/aromatic N) is 3. The van der Waals surface area contributed by atoms with Gasteiger partial charge in [0.1, 0.15) is 5.82 Å². The molecule has 3 aromatic rings. The van der Waals surface area contributed by atoms with Gasteiger partial charge in [0.05, 0.1) is 10.4 Å². The summed E-state index contributed by atoms with van der Waals surface area (Å²) in [5, 5.41) is 5.03. The van der Waals surface area contributed by atoms with E-state index in [-0.39, 0.29) is 4.90 Å². The summed E-state index contributed by atoms with van der Waals surface area (Å²) >= 11 is 5.86. The summed E-state index contributed by atoms with van der Waals surface area (Å²) in [6.45, 7) is 4.26. The van der Waals surface area contributed by atoms with Crippen LogP contribution in [0.1, 0.15) is 32.6 Å². The fraction of sp³-hybridized carbons (Fsp3) is 0.440. The number of anilines is 2. The molecule has 0 aliphatic heterocycles. The van der Waals surface area contributed by atoms with Gasteiger partial charge in [-0.25, -0.2) is 18.1 Å². The summed E-state index contributed by atoms with van der Waals surface area (Å²) < 4.78 is 27.8. The summed E-state index contributed by atoms with van der Waals surface area (Å²) in [5.74, 6) is 2.46. The maximum atomic E-state index is 12.5. The van der Waals surface area contributed by atoms with Gasteiger partial charge < -0.3 is 10.2 Å². The first-order valence-electron chi connectivity index (χ1n) is 11.8. The highest BCUT2D eigenvalue weighted by Crippen LogP contribution is 2.30. The lowest BCUT2D eigenvalue weighted by molar-refractivity contribution is 0.284. The van der Waals surface area contributed by atoms with E-state index in [4.69, 9.17) is 21.6 Å². The van der Waals surface area contributed by atoms with Crippen molar-refractivity contribution < 1.29 is 8.42 Å². The molecule has 182 valence electrons. The topological polar surface area (TPSA) is 87.2 Å². The van der Waals surface area contributed by atoms with E-state index >= 15 is 0 Å². The van der Waals surface area contributed by atoms with Crippen molar-refractivity contribution in [1.82, 2.24) is 14.7 Å². The summed E-state index contributed by atoms with van der Waals surface area (Å²) in [6.07, 6.45) is 4.10. The lowest BCUT2D eigenvalue weighted by Gasteiger charge is -2.29. The Kier molecular flexibility index (Phi) is 7.91. The first kappa shape index (κ1) is 24.7. The molecule has 0 spiro atoms. The maximum Gasteiger partial charge on any atom is 0.240 e. The largest absolute Gasteiger partial charge is 0.359 e. The van der Waals surface area contributed by atoms with Gasteiger partial charge in [-0.3, -0.25) is 0 Å². The summed E-state index contributed by atoms with van der Waals surface area (Å²) in [6, 6.07) is 14.3. The van der Waals surface area contributed by atoms with Crippen LogP contribution in [0.2, 0.25) is 5.02 Å². The Hall–Kier alpha value is -2.42. The highest BCUT2D eigenvalue weighted by molar-refractivity contribution is 7.89. The van der Waals surface area contributed by atoms with Crippen LogP contribution in [0.4, 0.5) is 11.8 Å². The minimum atomic E-state index is -3.51. The van der Waals surface area contributed by atoms with E-state index in [0.717, 1.165) is 55.5 Å². The van der Waals surface area contributed by atoms with Crippen LogP contribution in [0.5, 0.6) is 0 Å². The molecule has 9 heteroatoms. The first-order chi connectivity index (χ1) is 16.4. The molecule has 0 saturated heterocycles. The number of fused-ring (bicyclic) bond motifs is 1. The van der Waals surface area contributed by atoms with Gasteiger partial charge in [-0.2, -0.15) is 4.98 Å². The van der Waals surface area contributed by atoms with Gasteiger partial charge in [-0.15, -0.1) is 0 Å². The van der Waals surface area contributed by atoms with Crippen LogP contribution in [0, 0.1) is 11.8 Å². The average Bonchev–Trinajstić information content (AvgIpc) is 2.86. The van der Waals surface area contributed by atoms with Crippen molar-refractivity contribution in [2.75, 3.05) is 36.9 Å². The van der Waals surface area contributed by atoms with Gasteiger partial charge in [0, 0.05) is 37.1 Å². The molecule has 0 unspecified atom stereocenters. The smallest absolute Gasteiger partial charge is 0.240 e. The number of sulfonamides is 1. The van der Waals surface area contributed by atoms with Crippen molar-refractivity contribution in [3.63, 3.8) is 0 Å². The van der Waals surface area contributed by atoms with E-state index in [9.17, 15) is 8.42 Å². The zero-order valence-corrected chi connectivity index (χ0v) is 21.2. The second-order valence-electron chi connectivity index (χ2n) is 8.98. The van der Waals surface area contributed by atoms with Gasteiger partial charge in [0.2, 0.25) is 16.0 Å². The Morgan fingerprint density at radius 3 is 2.29 bits per heavy atom. The van der Waals surface area contributed by atoms with Crippen LogP contribution in [0.15, 0.2) is 53.4 Å². The Morgan fingerprint density at radius 1 is 0.971 bits per heavy atom. The predicted octanol–water partition coefficient (Wildman–Crippen LogP) is 4.94. The SMILES string of the molecule is CCN(C)c1nc(NCC2CCC(CNS(=O)(=O)c3ccc(Cl)cc3)CC2)nc2ccccc12. The van der Waals surface area contributed by atoms with E-state index in [2.05, 4.69) is 27.9 Å².